The van der Waals surface area contributed by atoms with Crippen molar-refractivity contribution in [2.24, 2.45) is 0 Å². The highest BCUT2D eigenvalue weighted by atomic mass is 16.5. The van der Waals surface area contributed by atoms with Crippen molar-refractivity contribution in [1.82, 2.24) is 9.88 Å². The van der Waals surface area contributed by atoms with E-state index >= 15 is 0 Å². The monoisotopic (exact) mass is 400 g/mol. The second-order valence-electron chi connectivity index (χ2n) is 7.25. The highest BCUT2D eigenvalue weighted by Crippen LogP contribution is 2.42. The fraction of sp³-hybridized carbons (Fsp3) is 0.167. The topological polar surface area (TPSA) is 60.9 Å². The van der Waals surface area contributed by atoms with Crippen molar-refractivity contribution in [1.29, 1.82) is 0 Å². The highest BCUT2D eigenvalue weighted by molar-refractivity contribution is 6.15. The first-order valence-electron chi connectivity index (χ1n) is 9.69. The second kappa shape index (κ2) is 7.65. The summed E-state index contributed by atoms with van der Waals surface area (Å²) in [6.07, 6.45) is 5.32. The van der Waals surface area contributed by atoms with Crippen molar-refractivity contribution < 1.29 is 19.0 Å². The van der Waals surface area contributed by atoms with E-state index in [2.05, 4.69) is 9.88 Å². The molecule has 6 heteroatoms. The van der Waals surface area contributed by atoms with Crippen LogP contribution in [0.15, 0.2) is 66.7 Å². The van der Waals surface area contributed by atoms with E-state index in [4.69, 9.17) is 14.2 Å². The van der Waals surface area contributed by atoms with Crippen LogP contribution in [0.2, 0.25) is 0 Å². The minimum Gasteiger partial charge on any atom is -0.497 e. The summed E-state index contributed by atoms with van der Waals surface area (Å²) in [7, 11) is 1.62. The Morgan fingerprint density at radius 2 is 1.90 bits per heavy atom. The third kappa shape index (κ3) is 3.42. The number of nitrogens with zero attached hydrogens (tertiary/aromatic N) is 2. The average molecular weight is 400 g/mol. The van der Waals surface area contributed by atoms with Gasteiger partial charge in [-0.25, -0.2) is 0 Å². The molecule has 0 fully saturated rings. The number of aromatic nitrogens is 1. The summed E-state index contributed by atoms with van der Waals surface area (Å²) >= 11 is 0. The number of ether oxygens (including phenoxy) is 3. The molecular weight excluding hydrogens is 380 g/mol. The number of carbonyl (C=O) groups excluding carboxylic acids is 1. The molecule has 2 aliphatic heterocycles. The SMILES string of the molecule is COc1ccc(/C=C2\Oc3c(ccc4c3CN(Cc3ccncc3)CO4)C2=O)cc1. The third-order valence-electron chi connectivity index (χ3n) is 5.25. The van der Waals surface area contributed by atoms with Crippen molar-refractivity contribution in [3.05, 3.63) is 88.9 Å². The van der Waals surface area contributed by atoms with E-state index in [0.717, 1.165) is 34.7 Å². The Morgan fingerprint density at radius 1 is 1.10 bits per heavy atom. The minimum atomic E-state index is -0.116. The van der Waals surface area contributed by atoms with Gasteiger partial charge in [-0.1, -0.05) is 12.1 Å². The van der Waals surface area contributed by atoms with Gasteiger partial charge in [0.05, 0.1) is 18.2 Å². The molecule has 0 amide bonds. The Bertz CT molecular complexity index is 1120. The van der Waals surface area contributed by atoms with E-state index < -0.39 is 0 Å². The van der Waals surface area contributed by atoms with Crippen LogP contribution in [0.5, 0.6) is 17.2 Å². The molecule has 0 atom stereocenters. The molecule has 0 spiro atoms. The van der Waals surface area contributed by atoms with Crippen molar-refractivity contribution in [2.45, 2.75) is 13.1 Å². The first-order valence-corrected chi connectivity index (χ1v) is 9.69. The summed E-state index contributed by atoms with van der Waals surface area (Å²) in [6, 6.07) is 15.1. The molecule has 30 heavy (non-hydrogen) atoms. The molecule has 3 heterocycles. The number of hydrogen-bond donors (Lipinski definition) is 0. The molecule has 0 unspecified atom stereocenters. The first-order chi connectivity index (χ1) is 14.7. The summed E-state index contributed by atoms with van der Waals surface area (Å²) in [5.74, 6) is 2.32. The van der Waals surface area contributed by atoms with E-state index in [1.165, 1.54) is 0 Å². The molecule has 0 bridgehead atoms. The predicted octanol–water partition coefficient (Wildman–Crippen LogP) is 4.06. The van der Waals surface area contributed by atoms with E-state index in [1.807, 2.05) is 42.5 Å². The maximum absolute atomic E-state index is 12.9. The van der Waals surface area contributed by atoms with Crippen LogP contribution >= 0.6 is 0 Å². The van der Waals surface area contributed by atoms with Crippen LogP contribution < -0.4 is 14.2 Å². The van der Waals surface area contributed by atoms with Crippen LogP contribution in [0.4, 0.5) is 0 Å². The molecular formula is C24H20N2O4. The van der Waals surface area contributed by atoms with Gasteiger partial charge < -0.3 is 14.2 Å². The summed E-state index contributed by atoms with van der Waals surface area (Å²) in [6.45, 7) is 1.86. The minimum absolute atomic E-state index is 0.116. The standard InChI is InChI=1S/C24H20N2O4/c1-28-18-4-2-16(3-5-18)12-22-23(27)19-6-7-21-20(24(19)30-22)14-26(15-29-21)13-17-8-10-25-11-9-17/h2-12H,13-15H2,1H3/b22-12-. The zero-order valence-corrected chi connectivity index (χ0v) is 16.5. The molecule has 150 valence electrons. The molecule has 3 aromatic rings. The second-order valence-corrected chi connectivity index (χ2v) is 7.25. The van der Waals surface area contributed by atoms with Crippen molar-refractivity contribution in [2.75, 3.05) is 13.8 Å². The number of rotatable bonds is 4. The van der Waals surface area contributed by atoms with Crippen molar-refractivity contribution >= 4 is 11.9 Å². The van der Waals surface area contributed by atoms with Gasteiger partial charge in [0, 0.05) is 25.5 Å². The fourth-order valence-electron chi connectivity index (χ4n) is 3.70. The number of Topliss-reactive ketones (excluding diaryl/α,β-unsaturated/α-hetero) is 1. The third-order valence-corrected chi connectivity index (χ3v) is 5.25. The molecule has 0 saturated carbocycles. The van der Waals surface area contributed by atoms with E-state index in [0.29, 0.717) is 30.3 Å². The van der Waals surface area contributed by atoms with Crippen molar-refractivity contribution in [3.8, 4) is 17.2 Å². The zero-order chi connectivity index (χ0) is 20.5. The summed E-state index contributed by atoms with van der Waals surface area (Å²) < 4.78 is 17.2. The Hall–Kier alpha value is -3.64. The molecule has 5 rings (SSSR count). The number of pyridine rings is 1. The van der Waals surface area contributed by atoms with Gasteiger partial charge >= 0.3 is 0 Å². The van der Waals surface area contributed by atoms with Crippen LogP contribution in [0.25, 0.3) is 6.08 Å². The lowest BCUT2D eigenvalue weighted by atomic mass is 10.0. The fourth-order valence-corrected chi connectivity index (χ4v) is 3.70. The van der Waals surface area contributed by atoms with E-state index in [-0.39, 0.29) is 5.78 Å². The van der Waals surface area contributed by atoms with Gasteiger partial charge in [-0.05, 0) is 53.6 Å². The van der Waals surface area contributed by atoms with E-state index in [9.17, 15) is 4.79 Å². The first kappa shape index (κ1) is 18.4. The Balaban J connectivity index is 1.41. The molecule has 0 saturated heterocycles. The van der Waals surface area contributed by atoms with E-state index in [1.54, 1.807) is 31.6 Å². The normalized spacial score (nSPS) is 16.6. The number of ketones is 1. The highest BCUT2D eigenvalue weighted by Gasteiger charge is 2.33. The number of carbonyl (C=O) groups is 1. The van der Waals surface area contributed by atoms with Crippen LogP contribution in [0.3, 0.4) is 0 Å². The predicted molar refractivity (Wildman–Crippen MR) is 111 cm³/mol. The maximum atomic E-state index is 12.9. The van der Waals surface area contributed by atoms with Gasteiger partial charge in [-0.2, -0.15) is 0 Å². The Morgan fingerprint density at radius 3 is 2.67 bits per heavy atom. The Labute approximate surface area is 174 Å². The number of hydrogen-bond acceptors (Lipinski definition) is 6. The van der Waals surface area contributed by atoms with Crippen LogP contribution in [-0.2, 0) is 13.1 Å². The largest absolute Gasteiger partial charge is 0.497 e. The molecule has 1 aromatic heterocycles. The van der Waals surface area contributed by atoms with Gasteiger partial charge in [-0.3, -0.25) is 14.7 Å². The van der Waals surface area contributed by atoms with Crippen LogP contribution in [0.1, 0.15) is 27.0 Å². The van der Waals surface area contributed by atoms with Gasteiger partial charge in [0.15, 0.2) is 5.76 Å². The maximum Gasteiger partial charge on any atom is 0.231 e. The summed E-state index contributed by atoms with van der Waals surface area (Å²) in [5.41, 5.74) is 3.50. The number of benzene rings is 2. The summed E-state index contributed by atoms with van der Waals surface area (Å²) in [4.78, 5) is 19.1. The number of allylic oxidation sites excluding steroid dienone is 1. The lowest BCUT2D eigenvalue weighted by Gasteiger charge is -2.29. The van der Waals surface area contributed by atoms with Crippen LogP contribution in [0, 0.1) is 0 Å². The Kier molecular flexibility index (Phi) is 4.69. The summed E-state index contributed by atoms with van der Waals surface area (Å²) in [5, 5.41) is 0. The van der Waals surface area contributed by atoms with Crippen LogP contribution in [-0.4, -0.2) is 29.5 Å². The average Bonchev–Trinajstić information content (AvgIpc) is 3.11. The molecule has 6 nitrogen and oxygen atoms in total. The lowest BCUT2D eigenvalue weighted by Crippen LogP contribution is -2.31. The molecule has 0 N–H and O–H groups in total. The van der Waals surface area contributed by atoms with Crippen molar-refractivity contribution in [3.63, 3.8) is 0 Å². The smallest absolute Gasteiger partial charge is 0.231 e. The molecule has 2 aromatic carbocycles. The molecule has 0 radical (unpaired) electrons. The lowest BCUT2D eigenvalue weighted by molar-refractivity contribution is 0.0872. The van der Waals surface area contributed by atoms with Gasteiger partial charge in [0.1, 0.15) is 24.0 Å². The van der Waals surface area contributed by atoms with Gasteiger partial charge in [0.2, 0.25) is 5.78 Å². The number of fused-ring (bicyclic) bond motifs is 3. The van der Waals surface area contributed by atoms with Gasteiger partial charge in [0.25, 0.3) is 0 Å². The van der Waals surface area contributed by atoms with Gasteiger partial charge in [-0.15, -0.1) is 0 Å². The quantitative estimate of drug-likeness (QED) is 0.616. The molecule has 0 aliphatic carbocycles. The number of methoxy groups -OCH3 is 1. The molecule has 2 aliphatic rings. The zero-order valence-electron chi connectivity index (χ0n) is 16.5.